The third kappa shape index (κ3) is 3.34. The van der Waals surface area contributed by atoms with Gasteiger partial charge >= 0.3 is 6.36 Å². The fourth-order valence-corrected chi connectivity index (χ4v) is 1.72. The molecule has 3 nitrogen and oxygen atoms in total. The molecule has 0 heterocycles. The number of methoxy groups -OCH3 is 1. The van der Waals surface area contributed by atoms with Gasteiger partial charge in [0.25, 0.3) is 0 Å². The average Bonchev–Trinajstić information content (AvgIpc) is 2.37. The van der Waals surface area contributed by atoms with Gasteiger partial charge < -0.3 is 14.6 Å². The van der Waals surface area contributed by atoms with Crippen LogP contribution in [0.15, 0.2) is 42.5 Å². The molecule has 2 aromatic rings. The normalized spacial score (nSPS) is 11.2. The average molecular weight is 284 g/mol. The molecular formula is C14H11F3O3. The van der Waals surface area contributed by atoms with Crippen LogP contribution in [0.1, 0.15) is 0 Å². The van der Waals surface area contributed by atoms with Gasteiger partial charge in [-0.15, -0.1) is 13.2 Å². The Morgan fingerprint density at radius 1 is 0.950 bits per heavy atom. The predicted molar refractivity (Wildman–Crippen MR) is 66.8 cm³/mol. The molecule has 0 aliphatic heterocycles. The molecule has 20 heavy (non-hydrogen) atoms. The monoisotopic (exact) mass is 284 g/mol. The largest absolute Gasteiger partial charge is 0.573 e. The quantitative estimate of drug-likeness (QED) is 0.927. The van der Waals surface area contributed by atoms with Crippen molar-refractivity contribution in [3.63, 3.8) is 0 Å². The number of hydrogen-bond acceptors (Lipinski definition) is 3. The van der Waals surface area contributed by atoms with Crippen molar-refractivity contribution in [3.05, 3.63) is 42.5 Å². The van der Waals surface area contributed by atoms with Crippen LogP contribution in [0.5, 0.6) is 17.2 Å². The molecule has 0 spiro atoms. The van der Waals surface area contributed by atoms with E-state index in [0.717, 1.165) is 0 Å². The molecule has 0 atom stereocenters. The van der Waals surface area contributed by atoms with Crippen molar-refractivity contribution in [1.29, 1.82) is 0 Å². The van der Waals surface area contributed by atoms with Gasteiger partial charge in [0, 0.05) is 0 Å². The third-order valence-corrected chi connectivity index (χ3v) is 2.60. The molecule has 6 heteroatoms. The molecule has 0 aliphatic rings. The maximum atomic E-state index is 12.0. The highest BCUT2D eigenvalue weighted by Crippen LogP contribution is 2.32. The first-order valence-corrected chi connectivity index (χ1v) is 5.62. The molecule has 0 radical (unpaired) electrons. The van der Waals surface area contributed by atoms with Crippen LogP contribution in [0.4, 0.5) is 13.2 Å². The second-order valence-corrected chi connectivity index (χ2v) is 3.96. The molecule has 0 amide bonds. The van der Waals surface area contributed by atoms with Gasteiger partial charge in [0.05, 0.1) is 7.11 Å². The standard InChI is InChI=1S/C14H11F3O3/c1-19-13-7-4-10(8-12(13)18)9-2-5-11(6-3-9)20-14(15,16)17/h2-8,18H,1H3. The number of phenols is 1. The van der Waals surface area contributed by atoms with Crippen LogP contribution in [0.3, 0.4) is 0 Å². The molecule has 0 bridgehead atoms. The summed E-state index contributed by atoms with van der Waals surface area (Å²) < 4.78 is 44.8. The first kappa shape index (κ1) is 14.0. The fourth-order valence-electron chi connectivity index (χ4n) is 1.72. The van der Waals surface area contributed by atoms with E-state index in [1.807, 2.05) is 0 Å². The van der Waals surface area contributed by atoms with E-state index in [4.69, 9.17) is 4.74 Å². The summed E-state index contributed by atoms with van der Waals surface area (Å²) in [5, 5.41) is 9.66. The Kier molecular flexibility index (Phi) is 3.74. The number of rotatable bonds is 3. The summed E-state index contributed by atoms with van der Waals surface area (Å²) in [6.07, 6.45) is -4.71. The van der Waals surface area contributed by atoms with Gasteiger partial charge in [0.1, 0.15) is 5.75 Å². The summed E-state index contributed by atoms with van der Waals surface area (Å²) in [5.74, 6) is -0.00891. The van der Waals surface area contributed by atoms with Crippen LogP contribution in [-0.2, 0) is 0 Å². The molecule has 0 aromatic heterocycles. The first-order valence-electron chi connectivity index (χ1n) is 5.62. The van der Waals surface area contributed by atoms with Gasteiger partial charge in [0.2, 0.25) is 0 Å². The van der Waals surface area contributed by atoms with Crippen LogP contribution in [-0.4, -0.2) is 18.6 Å². The van der Waals surface area contributed by atoms with Crippen molar-refractivity contribution in [1.82, 2.24) is 0 Å². The van der Waals surface area contributed by atoms with Crippen molar-refractivity contribution >= 4 is 0 Å². The molecule has 2 rings (SSSR count). The number of alkyl halides is 3. The van der Waals surface area contributed by atoms with E-state index in [9.17, 15) is 18.3 Å². The lowest BCUT2D eigenvalue weighted by Gasteiger charge is -2.10. The Balaban J connectivity index is 2.24. The lowest BCUT2D eigenvalue weighted by molar-refractivity contribution is -0.274. The molecule has 0 aliphatic carbocycles. The number of phenolic OH excluding ortho intramolecular Hbond substituents is 1. The van der Waals surface area contributed by atoms with Gasteiger partial charge in [-0.3, -0.25) is 0 Å². The van der Waals surface area contributed by atoms with Crippen molar-refractivity contribution in [2.45, 2.75) is 6.36 Å². The molecule has 0 fully saturated rings. The Labute approximate surface area is 113 Å². The van der Waals surface area contributed by atoms with Crippen LogP contribution < -0.4 is 9.47 Å². The van der Waals surface area contributed by atoms with Gasteiger partial charge in [-0.25, -0.2) is 0 Å². The van der Waals surface area contributed by atoms with Crippen molar-refractivity contribution < 1.29 is 27.8 Å². The molecule has 2 aromatic carbocycles. The zero-order valence-electron chi connectivity index (χ0n) is 10.4. The van der Waals surface area contributed by atoms with Gasteiger partial charge in [0.15, 0.2) is 11.5 Å². The second-order valence-electron chi connectivity index (χ2n) is 3.96. The highest BCUT2D eigenvalue weighted by Gasteiger charge is 2.30. The van der Waals surface area contributed by atoms with E-state index in [0.29, 0.717) is 16.9 Å². The number of aromatic hydroxyl groups is 1. The lowest BCUT2D eigenvalue weighted by atomic mass is 10.1. The van der Waals surface area contributed by atoms with Crippen molar-refractivity contribution in [3.8, 4) is 28.4 Å². The molecule has 1 N–H and O–H groups in total. The highest BCUT2D eigenvalue weighted by molar-refractivity contribution is 5.67. The van der Waals surface area contributed by atoms with E-state index in [2.05, 4.69) is 4.74 Å². The maximum Gasteiger partial charge on any atom is 0.573 e. The van der Waals surface area contributed by atoms with E-state index >= 15 is 0 Å². The van der Waals surface area contributed by atoms with E-state index < -0.39 is 6.36 Å². The van der Waals surface area contributed by atoms with Crippen LogP contribution in [0.2, 0.25) is 0 Å². The summed E-state index contributed by atoms with van der Waals surface area (Å²) in [5.41, 5.74) is 1.30. The highest BCUT2D eigenvalue weighted by atomic mass is 19.4. The van der Waals surface area contributed by atoms with Gasteiger partial charge in [-0.2, -0.15) is 0 Å². The number of halogens is 3. The SMILES string of the molecule is COc1ccc(-c2ccc(OC(F)(F)F)cc2)cc1O. The molecule has 0 saturated carbocycles. The minimum atomic E-state index is -4.71. The van der Waals surface area contributed by atoms with Crippen LogP contribution in [0.25, 0.3) is 11.1 Å². The third-order valence-electron chi connectivity index (χ3n) is 2.60. The molecular weight excluding hydrogens is 273 g/mol. The van der Waals surface area contributed by atoms with Gasteiger partial charge in [-0.05, 0) is 35.4 Å². The summed E-state index contributed by atoms with van der Waals surface area (Å²) in [4.78, 5) is 0. The van der Waals surface area contributed by atoms with Gasteiger partial charge in [-0.1, -0.05) is 18.2 Å². The second kappa shape index (κ2) is 5.32. The summed E-state index contributed by atoms with van der Waals surface area (Å²) >= 11 is 0. The lowest BCUT2D eigenvalue weighted by Crippen LogP contribution is -2.16. The Morgan fingerprint density at radius 2 is 1.55 bits per heavy atom. The Bertz CT molecular complexity index is 592. The summed E-state index contributed by atoms with van der Waals surface area (Å²) in [6.45, 7) is 0. The predicted octanol–water partition coefficient (Wildman–Crippen LogP) is 3.97. The van der Waals surface area contributed by atoms with Crippen LogP contribution >= 0.6 is 0 Å². The zero-order valence-corrected chi connectivity index (χ0v) is 10.4. The fraction of sp³-hybridized carbons (Fsp3) is 0.143. The van der Waals surface area contributed by atoms with Crippen LogP contribution in [0, 0.1) is 0 Å². The Morgan fingerprint density at radius 3 is 2.05 bits per heavy atom. The smallest absolute Gasteiger partial charge is 0.504 e. The molecule has 0 unspecified atom stereocenters. The minimum Gasteiger partial charge on any atom is -0.504 e. The molecule has 0 saturated heterocycles. The number of hydrogen-bond donors (Lipinski definition) is 1. The topological polar surface area (TPSA) is 38.7 Å². The number of benzene rings is 2. The van der Waals surface area contributed by atoms with Crippen molar-refractivity contribution in [2.75, 3.05) is 7.11 Å². The minimum absolute atomic E-state index is 0.0411. The number of ether oxygens (including phenoxy) is 2. The Hall–Kier alpha value is -2.37. The van der Waals surface area contributed by atoms with E-state index in [-0.39, 0.29) is 11.5 Å². The zero-order chi connectivity index (χ0) is 14.8. The maximum absolute atomic E-state index is 12.0. The van der Waals surface area contributed by atoms with Crippen molar-refractivity contribution in [2.24, 2.45) is 0 Å². The van der Waals surface area contributed by atoms with E-state index in [1.165, 1.54) is 37.4 Å². The molecule has 106 valence electrons. The summed E-state index contributed by atoms with van der Waals surface area (Å²) in [6, 6.07) is 10.1. The van der Waals surface area contributed by atoms with E-state index in [1.54, 1.807) is 12.1 Å². The summed E-state index contributed by atoms with van der Waals surface area (Å²) in [7, 11) is 1.43. The first-order chi connectivity index (χ1) is 9.39.